The van der Waals surface area contributed by atoms with E-state index in [1.54, 1.807) is 11.8 Å². The fourth-order valence-corrected chi connectivity index (χ4v) is 2.39. The SMILES string of the molecule is c1cc(SCCc2nn[nH]n2)ccc1OC1CC1. The van der Waals surface area contributed by atoms with Crippen molar-refractivity contribution < 1.29 is 4.74 Å². The molecule has 5 nitrogen and oxygen atoms in total. The standard InChI is InChI=1S/C12H14N4OS/c1-2-9(1)17-10-3-5-11(6-4-10)18-8-7-12-13-15-16-14-12/h3-6,9H,1-2,7-8H2,(H,13,14,15,16). The number of aryl methyl sites for hydroxylation is 1. The number of nitrogens with zero attached hydrogens (tertiary/aromatic N) is 3. The molecular weight excluding hydrogens is 248 g/mol. The van der Waals surface area contributed by atoms with Gasteiger partial charge in [-0.3, -0.25) is 0 Å². The zero-order valence-electron chi connectivity index (χ0n) is 9.87. The van der Waals surface area contributed by atoms with Crippen molar-refractivity contribution in [3.8, 4) is 5.75 Å². The fourth-order valence-electron chi connectivity index (χ4n) is 1.54. The highest BCUT2D eigenvalue weighted by atomic mass is 32.2. The van der Waals surface area contributed by atoms with Gasteiger partial charge in [0.2, 0.25) is 0 Å². The van der Waals surface area contributed by atoms with Crippen LogP contribution in [0.3, 0.4) is 0 Å². The molecule has 1 heterocycles. The molecule has 0 spiro atoms. The molecule has 0 bridgehead atoms. The summed E-state index contributed by atoms with van der Waals surface area (Å²) < 4.78 is 5.70. The smallest absolute Gasteiger partial charge is 0.175 e. The number of thioether (sulfide) groups is 1. The topological polar surface area (TPSA) is 63.7 Å². The monoisotopic (exact) mass is 262 g/mol. The maximum absolute atomic E-state index is 5.70. The maximum Gasteiger partial charge on any atom is 0.175 e. The predicted octanol–water partition coefficient (Wildman–Crippen LogP) is 2.08. The number of H-pyrrole nitrogens is 1. The van der Waals surface area contributed by atoms with Crippen molar-refractivity contribution in [2.45, 2.75) is 30.3 Å². The molecule has 1 saturated carbocycles. The molecule has 94 valence electrons. The molecule has 0 aliphatic heterocycles. The molecule has 1 N–H and O–H groups in total. The lowest BCUT2D eigenvalue weighted by Crippen LogP contribution is -1.95. The zero-order valence-corrected chi connectivity index (χ0v) is 10.7. The molecule has 3 rings (SSSR count). The normalized spacial score (nSPS) is 14.7. The van der Waals surface area contributed by atoms with E-state index in [2.05, 4.69) is 32.8 Å². The van der Waals surface area contributed by atoms with Gasteiger partial charge in [0.1, 0.15) is 5.75 Å². The first-order valence-electron chi connectivity index (χ1n) is 6.02. The number of tetrazole rings is 1. The van der Waals surface area contributed by atoms with Gasteiger partial charge in [-0.15, -0.1) is 22.0 Å². The minimum absolute atomic E-state index is 0.460. The van der Waals surface area contributed by atoms with Crippen LogP contribution in [0.2, 0.25) is 0 Å². The largest absolute Gasteiger partial charge is 0.490 e. The number of benzene rings is 1. The number of nitrogens with one attached hydrogen (secondary N) is 1. The van der Waals surface area contributed by atoms with Crippen LogP contribution in [0.5, 0.6) is 5.75 Å². The van der Waals surface area contributed by atoms with Gasteiger partial charge in [-0.05, 0) is 37.1 Å². The lowest BCUT2D eigenvalue weighted by molar-refractivity contribution is 0.303. The average molecular weight is 262 g/mol. The molecule has 0 atom stereocenters. The van der Waals surface area contributed by atoms with E-state index >= 15 is 0 Å². The Morgan fingerprint density at radius 1 is 1.28 bits per heavy atom. The third-order valence-corrected chi connectivity index (χ3v) is 3.65. The van der Waals surface area contributed by atoms with E-state index in [1.807, 2.05) is 12.1 Å². The van der Waals surface area contributed by atoms with Crippen molar-refractivity contribution in [2.75, 3.05) is 5.75 Å². The second kappa shape index (κ2) is 5.39. The summed E-state index contributed by atoms with van der Waals surface area (Å²) in [5, 5.41) is 13.8. The maximum atomic E-state index is 5.70. The molecule has 2 aromatic rings. The van der Waals surface area contributed by atoms with E-state index in [9.17, 15) is 0 Å². The lowest BCUT2D eigenvalue weighted by atomic mass is 10.3. The minimum atomic E-state index is 0.460. The van der Waals surface area contributed by atoms with E-state index in [-0.39, 0.29) is 0 Å². The first-order valence-corrected chi connectivity index (χ1v) is 7.00. The summed E-state index contributed by atoms with van der Waals surface area (Å²) in [5.74, 6) is 2.68. The summed E-state index contributed by atoms with van der Waals surface area (Å²) in [7, 11) is 0. The second-order valence-corrected chi connectivity index (χ2v) is 5.38. The average Bonchev–Trinajstić information content (AvgIpc) is 3.05. The summed E-state index contributed by atoms with van der Waals surface area (Å²) in [4.78, 5) is 1.24. The summed E-state index contributed by atoms with van der Waals surface area (Å²) in [6.07, 6.45) is 3.67. The zero-order chi connectivity index (χ0) is 12.2. The van der Waals surface area contributed by atoms with Gasteiger partial charge in [0.05, 0.1) is 6.10 Å². The van der Waals surface area contributed by atoms with Crippen molar-refractivity contribution >= 4 is 11.8 Å². The third-order valence-electron chi connectivity index (χ3n) is 2.63. The molecule has 1 aliphatic carbocycles. The van der Waals surface area contributed by atoms with Crippen LogP contribution in [0.4, 0.5) is 0 Å². The van der Waals surface area contributed by atoms with Crippen molar-refractivity contribution in [2.24, 2.45) is 0 Å². The number of rotatable bonds is 6. The summed E-state index contributed by atoms with van der Waals surface area (Å²) >= 11 is 1.78. The van der Waals surface area contributed by atoms with Crippen LogP contribution in [0.25, 0.3) is 0 Å². The van der Waals surface area contributed by atoms with Crippen molar-refractivity contribution in [1.82, 2.24) is 20.6 Å². The number of aromatic nitrogens is 4. The second-order valence-electron chi connectivity index (χ2n) is 4.22. The van der Waals surface area contributed by atoms with Gasteiger partial charge in [-0.1, -0.05) is 5.21 Å². The molecule has 0 saturated heterocycles. The molecule has 0 radical (unpaired) electrons. The molecule has 0 unspecified atom stereocenters. The van der Waals surface area contributed by atoms with Crippen molar-refractivity contribution in [3.05, 3.63) is 30.1 Å². The van der Waals surface area contributed by atoms with Crippen LogP contribution in [0.15, 0.2) is 29.2 Å². The Morgan fingerprint density at radius 2 is 2.11 bits per heavy atom. The number of aromatic amines is 1. The van der Waals surface area contributed by atoms with Gasteiger partial charge in [0, 0.05) is 17.1 Å². The summed E-state index contributed by atoms with van der Waals surface area (Å²) in [6.45, 7) is 0. The Morgan fingerprint density at radius 3 is 2.78 bits per heavy atom. The van der Waals surface area contributed by atoms with Crippen molar-refractivity contribution in [1.29, 1.82) is 0 Å². The van der Waals surface area contributed by atoms with Gasteiger partial charge in [-0.25, -0.2) is 0 Å². The number of hydrogen-bond donors (Lipinski definition) is 1. The summed E-state index contributed by atoms with van der Waals surface area (Å²) in [6, 6.07) is 8.27. The van der Waals surface area contributed by atoms with Gasteiger partial charge < -0.3 is 4.74 Å². The van der Waals surface area contributed by atoms with Gasteiger partial charge in [-0.2, -0.15) is 5.21 Å². The molecule has 1 aromatic heterocycles. The highest BCUT2D eigenvalue weighted by Gasteiger charge is 2.23. The van der Waals surface area contributed by atoms with Crippen LogP contribution in [-0.4, -0.2) is 32.5 Å². The highest BCUT2D eigenvalue weighted by molar-refractivity contribution is 7.99. The first-order chi connectivity index (χ1) is 8.90. The van der Waals surface area contributed by atoms with E-state index in [0.717, 1.165) is 23.7 Å². The lowest BCUT2D eigenvalue weighted by Gasteiger charge is -2.05. The molecule has 1 aliphatic rings. The first kappa shape index (κ1) is 11.5. The fraction of sp³-hybridized carbons (Fsp3) is 0.417. The quantitative estimate of drug-likeness (QED) is 0.807. The molecule has 1 aromatic carbocycles. The Hall–Kier alpha value is -1.56. The van der Waals surface area contributed by atoms with Crippen LogP contribution >= 0.6 is 11.8 Å². The molecule has 18 heavy (non-hydrogen) atoms. The van der Waals surface area contributed by atoms with E-state index in [0.29, 0.717) is 6.10 Å². The van der Waals surface area contributed by atoms with Gasteiger partial charge >= 0.3 is 0 Å². The molecule has 0 amide bonds. The minimum Gasteiger partial charge on any atom is -0.490 e. The van der Waals surface area contributed by atoms with E-state index in [1.165, 1.54) is 17.7 Å². The van der Waals surface area contributed by atoms with Crippen LogP contribution in [-0.2, 0) is 6.42 Å². The third kappa shape index (κ3) is 3.22. The van der Waals surface area contributed by atoms with Gasteiger partial charge in [0.25, 0.3) is 0 Å². The highest BCUT2D eigenvalue weighted by Crippen LogP contribution is 2.28. The molecule has 1 fully saturated rings. The Kier molecular flexibility index (Phi) is 3.45. The molecule has 6 heteroatoms. The Balaban J connectivity index is 1.47. The van der Waals surface area contributed by atoms with Gasteiger partial charge in [0.15, 0.2) is 5.82 Å². The van der Waals surface area contributed by atoms with Crippen LogP contribution in [0, 0.1) is 0 Å². The van der Waals surface area contributed by atoms with Crippen LogP contribution < -0.4 is 4.74 Å². The van der Waals surface area contributed by atoms with E-state index < -0.39 is 0 Å². The Labute approximate surface area is 109 Å². The van der Waals surface area contributed by atoms with Crippen LogP contribution in [0.1, 0.15) is 18.7 Å². The number of hydrogen-bond acceptors (Lipinski definition) is 5. The Bertz CT molecular complexity index is 481. The van der Waals surface area contributed by atoms with E-state index in [4.69, 9.17) is 4.74 Å². The van der Waals surface area contributed by atoms with Crippen molar-refractivity contribution in [3.63, 3.8) is 0 Å². The molecular formula is C12H14N4OS. The number of ether oxygens (including phenoxy) is 1. The summed E-state index contributed by atoms with van der Waals surface area (Å²) in [5.41, 5.74) is 0. The predicted molar refractivity (Wildman–Crippen MR) is 68.7 cm³/mol.